The maximum absolute atomic E-state index is 13.0. The fourth-order valence-corrected chi connectivity index (χ4v) is 5.73. The average Bonchev–Trinajstić information content (AvgIpc) is 3.05. The van der Waals surface area contributed by atoms with Crippen LogP contribution in [0.1, 0.15) is 45.6 Å². The van der Waals surface area contributed by atoms with Gasteiger partial charge in [0.15, 0.2) is 0 Å². The lowest BCUT2D eigenvalue weighted by Crippen LogP contribution is -2.36. The maximum Gasteiger partial charge on any atom is 0.251 e. The number of benzene rings is 1. The van der Waals surface area contributed by atoms with Gasteiger partial charge in [-0.15, -0.1) is 11.3 Å². The monoisotopic (exact) mass is 392 g/mol. The van der Waals surface area contributed by atoms with Gasteiger partial charge in [-0.3, -0.25) is 4.79 Å². The van der Waals surface area contributed by atoms with E-state index in [-0.39, 0.29) is 10.8 Å². The second-order valence-corrected chi connectivity index (χ2v) is 9.56. The van der Waals surface area contributed by atoms with Gasteiger partial charge in [-0.25, -0.2) is 8.42 Å². The molecule has 0 aliphatic carbocycles. The Morgan fingerprint density at radius 3 is 2.50 bits per heavy atom. The molecule has 1 N–H and O–H groups in total. The Balaban J connectivity index is 1.80. The molecule has 1 aromatic heterocycles. The minimum absolute atomic E-state index is 0.236. The Labute approximate surface area is 159 Å². The number of aryl methyl sites for hydroxylation is 2. The second kappa shape index (κ2) is 7.90. The van der Waals surface area contributed by atoms with Crippen LogP contribution in [0, 0.1) is 13.8 Å². The topological polar surface area (TPSA) is 66.5 Å². The van der Waals surface area contributed by atoms with E-state index < -0.39 is 10.0 Å². The van der Waals surface area contributed by atoms with Gasteiger partial charge in [-0.2, -0.15) is 4.31 Å². The highest BCUT2D eigenvalue weighted by Crippen LogP contribution is 2.24. The predicted molar refractivity (Wildman–Crippen MR) is 104 cm³/mol. The molecular weight excluding hydrogens is 368 g/mol. The molecule has 1 amide bonds. The fourth-order valence-electron chi connectivity index (χ4n) is 3.11. The lowest BCUT2D eigenvalue weighted by molar-refractivity contribution is 0.0951. The standard InChI is InChI=1S/C19H24N2O3S2/c1-14-8-11-25-17(14)13-20-19(22)16-7-6-15(2)18(12-16)26(23,24)21-9-4-3-5-10-21/h6-8,11-12H,3-5,9-10,13H2,1-2H3,(H,20,22). The number of hydrogen-bond acceptors (Lipinski definition) is 4. The summed E-state index contributed by atoms with van der Waals surface area (Å²) in [5, 5.41) is 4.87. The number of hydrogen-bond donors (Lipinski definition) is 1. The zero-order valence-corrected chi connectivity index (χ0v) is 16.8. The number of nitrogens with one attached hydrogen (secondary N) is 1. The van der Waals surface area contributed by atoms with E-state index in [4.69, 9.17) is 0 Å². The van der Waals surface area contributed by atoms with Crippen LogP contribution in [-0.4, -0.2) is 31.7 Å². The van der Waals surface area contributed by atoms with Gasteiger partial charge in [-0.05, 0) is 61.4 Å². The second-order valence-electron chi connectivity index (χ2n) is 6.65. The highest BCUT2D eigenvalue weighted by atomic mass is 32.2. The summed E-state index contributed by atoms with van der Waals surface area (Å²) in [6.45, 7) is 5.33. The molecule has 5 nitrogen and oxygen atoms in total. The molecule has 1 aliphatic rings. The first kappa shape index (κ1) is 19.1. The predicted octanol–water partition coefficient (Wildman–Crippen LogP) is 3.47. The van der Waals surface area contributed by atoms with Gasteiger partial charge < -0.3 is 5.32 Å². The van der Waals surface area contributed by atoms with Gasteiger partial charge in [-0.1, -0.05) is 12.5 Å². The van der Waals surface area contributed by atoms with Gasteiger partial charge in [0.05, 0.1) is 11.4 Å². The maximum atomic E-state index is 13.0. The summed E-state index contributed by atoms with van der Waals surface area (Å²) in [5.41, 5.74) is 2.19. The molecule has 2 heterocycles. The van der Waals surface area contributed by atoms with E-state index in [1.807, 2.05) is 18.4 Å². The van der Waals surface area contributed by atoms with Crippen molar-refractivity contribution in [2.75, 3.05) is 13.1 Å². The van der Waals surface area contributed by atoms with Crippen molar-refractivity contribution in [3.8, 4) is 0 Å². The number of piperidine rings is 1. The molecule has 7 heteroatoms. The average molecular weight is 393 g/mol. The molecule has 0 unspecified atom stereocenters. The summed E-state index contributed by atoms with van der Waals surface area (Å²) >= 11 is 1.60. The van der Waals surface area contributed by atoms with Crippen molar-refractivity contribution >= 4 is 27.3 Å². The zero-order chi connectivity index (χ0) is 18.7. The molecule has 2 aromatic rings. The molecule has 26 heavy (non-hydrogen) atoms. The van der Waals surface area contributed by atoms with Gasteiger partial charge in [0.25, 0.3) is 5.91 Å². The van der Waals surface area contributed by atoms with Crippen LogP contribution in [0.25, 0.3) is 0 Å². The van der Waals surface area contributed by atoms with Gasteiger partial charge in [0.1, 0.15) is 0 Å². The van der Waals surface area contributed by atoms with Crippen LogP contribution in [0.5, 0.6) is 0 Å². The normalized spacial score (nSPS) is 15.8. The van der Waals surface area contributed by atoms with E-state index in [2.05, 4.69) is 5.32 Å². The van der Waals surface area contributed by atoms with E-state index in [0.29, 0.717) is 30.8 Å². The summed E-state index contributed by atoms with van der Waals surface area (Å²) in [6.07, 6.45) is 2.84. The Kier molecular flexibility index (Phi) is 5.79. The van der Waals surface area contributed by atoms with Crippen molar-refractivity contribution in [1.82, 2.24) is 9.62 Å². The summed E-state index contributed by atoms with van der Waals surface area (Å²) in [7, 11) is -3.56. The molecule has 0 spiro atoms. The number of rotatable bonds is 5. The van der Waals surface area contributed by atoms with Gasteiger partial charge in [0, 0.05) is 23.5 Å². The Hall–Kier alpha value is -1.70. The third-order valence-corrected chi connectivity index (χ3v) is 7.82. The van der Waals surface area contributed by atoms with E-state index >= 15 is 0 Å². The van der Waals surface area contributed by atoms with Crippen molar-refractivity contribution < 1.29 is 13.2 Å². The van der Waals surface area contributed by atoms with E-state index in [1.54, 1.807) is 30.4 Å². The Bertz CT molecular complexity index is 897. The molecule has 0 bridgehead atoms. The van der Waals surface area contributed by atoms with Crippen LogP contribution in [-0.2, 0) is 16.6 Å². The summed E-state index contributed by atoms with van der Waals surface area (Å²) in [6, 6.07) is 6.92. The van der Waals surface area contributed by atoms with Crippen LogP contribution in [0.4, 0.5) is 0 Å². The molecular formula is C19H24N2O3S2. The van der Waals surface area contributed by atoms with Gasteiger partial charge in [0.2, 0.25) is 10.0 Å². The van der Waals surface area contributed by atoms with Crippen LogP contribution >= 0.6 is 11.3 Å². The third kappa shape index (κ3) is 4.00. The molecule has 140 valence electrons. The minimum Gasteiger partial charge on any atom is -0.347 e. The lowest BCUT2D eigenvalue weighted by atomic mass is 10.1. The van der Waals surface area contributed by atoms with Crippen LogP contribution < -0.4 is 5.32 Å². The van der Waals surface area contributed by atoms with Crippen LogP contribution in [0.15, 0.2) is 34.5 Å². The number of nitrogens with zero attached hydrogens (tertiary/aromatic N) is 1. The minimum atomic E-state index is -3.56. The number of sulfonamides is 1. The van der Waals surface area contributed by atoms with Crippen LogP contribution in [0.2, 0.25) is 0 Å². The van der Waals surface area contributed by atoms with E-state index in [9.17, 15) is 13.2 Å². The molecule has 3 rings (SSSR count). The highest BCUT2D eigenvalue weighted by molar-refractivity contribution is 7.89. The highest BCUT2D eigenvalue weighted by Gasteiger charge is 2.28. The molecule has 0 radical (unpaired) electrons. The van der Waals surface area contributed by atoms with E-state index in [0.717, 1.165) is 29.7 Å². The molecule has 0 saturated carbocycles. The van der Waals surface area contributed by atoms with Gasteiger partial charge >= 0.3 is 0 Å². The third-order valence-electron chi connectivity index (χ3n) is 4.76. The zero-order valence-electron chi connectivity index (χ0n) is 15.1. The summed E-state index contributed by atoms with van der Waals surface area (Å²) in [5.74, 6) is -0.257. The first-order valence-electron chi connectivity index (χ1n) is 8.81. The first-order chi connectivity index (χ1) is 12.4. The largest absolute Gasteiger partial charge is 0.347 e. The SMILES string of the molecule is Cc1ccc(C(=O)NCc2sccc2C)cc1S(=O)(=O)N1CCCCC1. The smallest absolute Gasteiger partial charge is 0.251 e. The number of carbonyl (C=O) groups excluding carboxylic acids is 1. The molecule has 0 atom stereocenters. The quantitative estimate of drug-likeness (QED) is 0.847. The Morgan fingerprint density at radius 1 is 1.12 bits per heavy atom. The fraction of sp³-hybridized carbons (Fsp3) is 0.421. The number of amides is 1. The number of thiophene rings is 1. The first-order valence-corrected chi connectivity index (χ1v) is 11.1. The van der Waals surface area contributed by atoms with Crippen molar-refractivity contribution in [3.05, 3.63) is 51.2 Å². The molecule has 1 aromatic carbocycles. The molecule has 1 aliphatic heterocycles. The van der Waals surface area contributed by atoms with Crippen molar-refractivity contribution in [3.63, 3.8) is 0 Å². The lowest BCUT2D eigenvalue weighted by Gasteiger charge is -2.26. The van der Waals surface area contributed by atoms with Crippen LogP contribution in [0.3, 0.4) is 0 Å². The van der Waals surface area contributed by atoms with E-state index in [1.165, 1.54) is 10.4 Å². The summed E-state index contributed by atoms with van der Waals surface area (Å²) < 4.78 is 27.5. The molecule has 1 saturated heterocycles. The van der Waals surface area contributed by atoms with Crippen molar-refractivity contribution in [2.24, 2.45) is 0 Å². The summed E-state index contributed by atoms with van der Waals surface area (Å²) in [4.78, 5) is 13.8. The molecule has 1 fully saturated rings. The van der Waals surface area contributed by atoms with Crippen molar-refractivity contribution in [2.45, 2.75) is 44.6 Å². The Morgan fingerprint density at radius 2 is 1.85 bits per heavy atom. The number of carbonyl (C=O) groups is 1. The van der Waals surface area contributed by atoms with Crippen molar-refractivity contribution in [1.29, 1.82) is 0 Å².